The average Bonchev–Trinajstić information content (AvgIpc) is 2.07. The topological polar surface area (TPSA) is 21.3 Å². The fourth-order valence-electron chi connectivity index (χ4n) is 1.51. The number of halogens is 2. The predicted molar refractivity (Wildman–Crippen MR) is 60.6 cm³/mol. The van der Waals surface area contributed by atoms with E-state index in [1.807, 2.05) is 0 Å². The van der Waals surface area contributed by atoms with Gasteiger partial charge in [-0.25, -0.2) is 4.39 Å². The Bertz CT molecular complexity index is 321. The molecule has 0 aromatic heterocycles. The molecule has 1 aliphatic rings. The highest BCUT2D eigenvalue weighted by molar-refractivity contribution is 9.10. The van der Waals surface area contributed by atoms with Gasteiger partial charge in [0, 0.05) is 10.5 Å². The van der Waals surface area contributed by atoms with E-state index in [2.05, 4.69) is 21.2 Å². The maximum atomic E-state index is 13.0. The van der Waals surface area contributed by atoms with E-state index in [9.17, 15) is 4.39 Å². The number of hydrogen-bond donors (Lipinski definition) is 1. The molecule has 2 rings (SSSR count). The predicted octanol–water partition coefficient (Wildman–Crippen LogP) is 2.58. The Morgan fingerprint density at radius 2 is 2.20 bits per heavy atom. The molecule has 1 aromatic carbocycles. The van der Waals surface area contributed by atoms with E-state index >= 15 is 0 Å². The van der Waals surface area contributed by atoms with E-state index < -0.39 is 0 Å². The first-order valence-corrected chi connectivity index (χ1v) is 5.83. The first kappa shape index (κ1) is 10.9. The molecule has 15 heavy (non-hydrogen) atoms. The van der Waals surface area contributed by atoms with Crippen LogP contribution in [0, 0.1) is 11.7 Å². The second kappa shape index (κ2) is 4.94. The van der Waals surface area contributed by atoms with Crippen LogP contribution in [0.4, 0.5) is 4.39 Å². The summed E-state index contributed by atoms with van der Waals surface area (Å²) < 4.78 is 19.2. The molecule has 2 nitrogen and oxygen atoms in total. The van der Waals surface area contributed by atoms with Gasteiger partial charge < -0.3 is 10.1 Å². The molecule has 82 valence electrons. The quantitative estimate of drug-likeness (QED) is 0.911. The lowest BCUT2D eigenvalue weighted by atomic mass is 10.0. The van der Waals surface area contributed by atoms with Gasteiger partial charge in [0.25, 0.3) is 0 Å². The number of rotatable bonds is 4. The van der Waals surface area contributed by atoms with Crippen LogP contribution in [0.15, 0.2) is 22.7 Å². The highest BCUT2D eigenvalue weighted by Crippen LogP contribution is 2.21. The van der Waals surface area contributed by atoms with Gasteiger partial charge in [0.2, 0.25) is 0 Å². The van der Waals surface area contributed by atoms with Crippen LogP contribution in [0.2, 0.25) is 0 Å². The molecule has 1 saturated heterocycles. The SMILES string of the molecule is Fc1cc(Br)cc(OCCC2CNC2)c1. The van der Waals surface area contributed by atoms with Gasteiger partial charge in [-0.15, -0.1) is 0 Å². The molecule has 1 aromatic rings. The van der Waals surface area contributed by atoms with Crippen molar-refractivity contribution in [3.05, 3.63) is 28.5 Å². The standard InChI is InChI=1S/C11H13BrFNO/c12-9-3-10(13)5-11(4-9)15-2-1-8-6-14-7-8/h3-5,8,14H,1-2,6-7H2. The fourth-order valence-corrected chi connectivity index (χ4v) is 1.95. The van der Waals surface area contributed by atoms with E-state index in [-0.39, 0.29) is 5.82 Å². The van der Waals surface area contributed by atoms with Crippen molar-refractivity contribution >= 4 is 15.9 Å². The van der Waals surface area contributed by atoms with Crippen molar-refractivity contribution in [3.8, 4) is 5.75 Å². The maximum Gasteiger partial charge on any atom is 0.128 e. The lowest BCUT2D eigenvalue weighted by Gasteiger charge is -2.26. The fraction of sp³-hybridized carbons (Fsp3) is 0.455. The molecule has 1 fully saturated rings. The van der Waals surface area contributed by atoms with E-state index in [1.165, 1.54) is 12.1 Å². The van der Waals surface area contributed by atoms with Gasteiger partial charge >= 0.3 is 0 Å². The molecule has 1 N–H and O–H groups in total. The van der Waals surface area contributed by atoms with Crippen LogP contribution in [0.5, 0.6) is 5.75 Å². The third-order valence-electron chi connectivity index (χ3n) is 2.50. The number of hydrogen-bond acceptors (Lipinski definition) is 2. The summed E-state index contributed by atoms with van der Waals surface area (Å²) in [6, 6.07) is 4.61. The normalized spacial score (nSPS) is 16.1. The zero-order valence-electron chi connectivity index (χ0n) is 8.30. The van der Waals surface area contributed by atoms with Crippen LogP contribution in [-0.2, 0) is 0 Å². The molecule has 0 unspecified atom stereocenters. The van der Waals surface area contributed by atoms with E-state index in [1.54, 1.807) is 6.07 Å². The molecule has 0 bridgehead atoms. The Morgan fingerprint density at radius 1 is 1.40 bits per heavy atom. The molecule has 0 atom stereocenters. The van der Waals surface area contributed by atoms with Crippen molar-refractivity contribution in [1.82, 2.24) is 5.32 Å². The van der Waals surface area contributed by atoms with Crippen LogP contribution in [-0.4, -0.2) is 19.7 Å². The Balaban J connectivity index is 1.81. The first-order valence-electron chi connectivity index (χ1n) is 5.03. The van der Waals surface area contributed by atoms with Gasteiger partial charge in [-0.05, 0) is 37.6 Å². The summed E-state index contributed by atoms with van der Waals surface area (Å²) in [6.07, 6.45) is 1.03. The maximum absolute atomic E-state index is 13.0. The van der Waals surface area contributed by atoms with Crippen LogP contribution in [0.1, 0.15) is 6.42 Å². The summed E-state index contributed by atoms with van der Waals surface area (Å²) in [4.78, 5) is 0. The number of ether oxygens (including phenoxy) is 1. The van der Waals surface area contributed by atoms with Crippen LogP contribution >= 0.6 is 15.9 Å². The summed E-state index contributed by atoms with van der Waals surface area (Å²) >= 11 is 3.23. The van der Waals surface area contributed by atoms with E-state index in [0.29, 0.717) is 16.8 Å². The van der Waals surface area contributed by atoms with Gasteiger partial charge in [-0.2, -0.15) is 0 Å². The Labute approximate surface area is 96.9 Å². The zero-order valence-corrected chi connectivity index (χ0v) is 9.89. The van der Waals surface area contributed by atoms with Gasteiger partial charge in [0.1, 0.15) is 11.6 Å². The van der Waals surface area contributed by atoms with E-state index in [0.717, 1.165) is 25.4 Å². The molecule has 1 aliphatic heterocycles. The highest BCUT2D eigenvalue weighted by atomic mass is 79.9. The van der Waals surface area contributed by atoms with Crippen LogP contribution < -0.4 is 10.1 Å². The van der Waals surface area contributed by atoms with Gasteiger partial charge in [0.05, 0.1) is 6.61 Å². The lowest BCUT2D eigenvalue weighted by molar-refractivity contribution is 0.238. The van der Waals surface area contributed by atoms with Gasteiger partial charge in [-0.1, -0.05) is 15.9 Å². The molecule has 0 saturated carbocycles. The van der Waals surface area contributed by atoms with E-state index in [4.69, 9.17) is 4.74 Å². The first-order chi connectivity index (χ1) is 7.24. The minimum Gasteiger partial charge on any atom is -0.493 e. The average molecular weight is 274 g/mol. The monoisotopic (exact) mass is 273 g/mol. The van der Waals surface area contributed by atoms with Crippen LogP contribution in [0.25, 0.3) is 0 Å². The minimum absolute atomic E-state index is 0.273. The molecule has 0 aliphatic carbocycles. The molecule has 0 spiro atoms. The summed E-state index contributed by atoms with van der Waals surface area (Å²) in [5.74, 6) is 1.04. The summed E-state index contributed by atoms with van der Waals surface area (Å²) in [6.45, 7) is 2.81. The van der Waals surface area contributed by atoms with Crippen molar-refractivity contribution in [3.63, 3.8) is 0 Å². The Kier molecular flexibility index (Phi) is 3.59. The molecular weight excluding hydrogens is 261 g/mol. The third-order valence-corrected chi connectivity index (χ3v) is 2.95. The Hall–Kier alpha value is -0.610. The summed E-state index contributed by atoms with van der Waals surface area (Å²) in [5, 5.41) is 3.21. The number of nitrogens with one attached hydrogen (secondary N) is 1. The van der Waals surface area contributed by atoms with Gasteiger partial charge in [-0.3, -0.25) is 0 Å². The number of benzene rings is 1. The molecule has 0 radical (unpaired) electrons. The summed E-state index contributed by atoms with van der Waals surface area (Å²) in [7, 11) is 0. The molecular formula is C11H13BrFNO. The minimum atomic E-state index is -0.273. The van der Waals surface area contributed by atoms with Crippen LogP contribution in [0.3, 0.4) is 0 Å². The third kappa shape index (κ3) is 3.18. The molecule has 1 heterocycles. The van der Waals surface area contributed by atoms with Crippen molar-refractivity contribution in [1.29, 1.82) is 0 Å². The second-order valence-electron chi connectivity index (χ2n) is 3.77. The highest BCUT2D eigenvalue weighted by Gasteiger charge is 2.16. The van der Waals surface area contributed by atoms with Crippen molar-refractivity contribution in [2.24, 2.45) is 5.92 Å². The van der Waals surface area contributed by atoms with Crippen molar-refractivity contribution in [2.45, 2.75) is 6.42 Å². The zero-order chi connectivity index (χ0) is 10.7. The molecule has 0 amide bonds. The summed E-state index contributed by atoms with van der Waals surface area (Å²) in [5.41, 5.74) is 0. The molecule has 4 heteroatoms. The lowest BCUT2D eigenvalue weighted by Crippen LogP contribution is -2.42. The largest absolute Gasteiger partial charge is 0.493 e. The smallest absolute Gasteiger partial charge is 0.128 e. The Morgan fingerprint density at radius 3 is 2.80 bits per heavy atom. The van der Waals surface area contributed by atoms with Gasteiger partial charge in [0.15, 0.2) is 0 Å². The van der Waals surface area contributed by atoms with Crippen molar-refractivity contribution in [2.75, 3.05) is 19.7 Å². The second-order valence-corrected chi connectivity index (χ2v) is 4.68. The van der Waals surface area contributed by atoms with Crippen molar-refractivity contribution < 1.29 is 9.13 Å².